The Morgan fingerprint density at radius 1 is 1.21 bits per heavy atom. The lowest BCUT2D eigenvalue weighted by Crippen LogP contribution is -2.22. The van der Waals surface area contributed by atoms with Gasteiger partial charge in [-0.25, -0.2) is 0 Å². The summed E-state index contributed by atoms with van der Waals surface area (Å²) in [6.07, 6.45) is 3.66. The van der Waals surface area contributed by atoms with Crippen molar-refractivity contribution in [3.63, 3.8) is 0 Å². The largest absolute Gasteiger partial charge is 0.327 e. The Balaban J connectivity index is 2.06. The minimum Gasteiger partial charge on any atom is -0.327 e. The Hall–Kier alpha value is -1.32. The summed E-state index contributed by atoms with van der Waals surface area (Å²) >= 11 is 1.89. The molecule has 1 heterocycles. The van der Waals surface area contributed by atoms with Crippen molar-refractivity contribution in [2.24, 2.45) is 5.73 Å². The van der Waals surface area contributed by atoms with Gasteiger partial charge in [0, 0.05) is 29.4 Å². The van der Waals surface area contributed by atoms with Gasteiger partial charge in [-0.05, 0) is 37.1 Å². The van der Waals surface area contributed by atoms with Gasteiger partial charge in [0.15, 0.2) is 0 Å². The van der Waals surface area contributed by atoms with Crippen molar-refractivity contribution in [3.8, 4) is 0 Å². The van der Waals surface area contributed by atoms with Crippen LogP contribution >= 0.6 is 11.8 Å². The minimum atomic E-state index is 0.122. The molecule has 0 spiro atoms. The number of pyridine rings is 1. The summed E-state index contributed by atoms with van der Waals surface area (Å²) in [7, 11) is 0. The molecule has 0 saturated carbocycles. The topological polar surface area (TPSA) is 38.9 Å². The maximum absolute atomic E-state index is 6.12. The molecular formula is C16H20N2S. The second-order valence-corrected chi connectivity index (χ2v) is 5.99. The van der Waals surface area contributed by atoms with Crippen LogP contribution < -0.4 is 5.73 Å². The fourth-order valence-electron chi connectivity index (χ4n) is 2.09. The van der Waals surface area contributed by atoms with E-state index in [1.807, 2.05) is 24.2 Å². The molecule has 1 aromatic carbocycles. The summed E-state index contributed by atoms with van der Waals surface area (Å²) in [5.41, 5.74) is 10.0. The van der Waals surface area contributed by atoms with Crippen LogP contribution in [0.2, 0.25) is 0 Å². The molecule has 100 valence electrons. The fourth-order valence-corrected chi connectivity index (χ4v) is 3.30. The highest BCUT2D eigenvalue weighted by molar-refractivity contribution is 7.98. The molecule has 0 fully saturated rings. The fraction of sp³-hybridized carbons (Fsp3) is 0.312. The van der Waals surface area contributed by atoms with Crippen molar-refractivity contribution >= 4 is 11.8 Å². The predicted octanol–water partition coefficient (Wildman–Crippen LogP) is 3.71. The SMILES string of the molecule is Cc1cccc(CSC(c2ccncc2)C(C)N)c1. The van der Waals surface area contributed by atoms with E-state index >= 15 is 0 Å². The van der Waals surface area contributed by atoms with Gasteiger partial charge < -0.3 is 5.73 Å². The third-order valence-corrected chi connectivity index (χ3v) is 4.58. The van der Waals surface area contributed by atoms with Crippen molar-refractivity contribution < 1.29 is 0 Å². The van der Waals surface area contributed by atoms with Crippen LogP contribution in [0.1, 0.15) is 28.9 Å². The predicted molar refractivity (Wildman–Crippen MR) is 83.1 cm³/mol. The molecule has 0 aliphatic rings. The Bertz CT molecular complexity index is 511. The maximum Gasteiger partial charge on any atom is 0.0450 e. The van der Waals surface area contributed by atoms with E-state index in [4.69, 9.17) is 5.73 Å². The third kappa shape index (κ3) is 4.08. The Morgan fingerprint density at radius 2 is 1.95 bits per heavy atom. The lowest BCUT2D eigenvalue weighted by atomic mass is 10.1. The summed E-state index contributed by atoms with van der Waals surface area (Å²) in [6, 6.07) is 12.9. The molecule has 2 atom stereocenters. The first kappa shape index (κ1) is 14.1. The number of aryl methyl sites for hydroxylation is 1. The molecule has 19 heavy (non-hydrogen) atoms. The van der Waals surface area contributed by atoms with E-state index in [2.05, 4.69) is 55.2 Å². The maximum atomic E-state index is 6.12. The van der Waals surface area contributed by atoms with Gasteiger partial charge in [-0.15, -0.1) is 11.8 Å². The Morgan fingerprint density at radius 3 is 2.58 bits per heavy atom. The molecule has 2 aromatic rings. The molecule has 2 rings (SSSR count). The molecule has 0 bridgehead atoms. The van der Waals surface area contributed by atoms with E-state index in [0.717, 1.165) is 5.75 Å². The van der Waals surface area contributed by atoms with Crippen molar-refractivity contribution in [1.29, 1.82) is 0 Å². The molecule has 0 aliphatic carbocycles. The van der Waals surface area contributed by atoms with Gasteiger partial charge in [-0.2, -0.15) is 0 Å². The second-order valence-electron chi connectivity index (χ2n) is 4.86. The van der Waals surface area contributed by atoms with Crippen LogP contribution in [0.25, 0.3) is 0 Å². The molecular weight excluding hydrogens is 252 g/mol. The van der Waals surface area contributed by atoms with Gasteiger partial charge in [-0.1, -0.05) is 29.8 Å². The van der Waals surface area contributed by atoms with E-state index in [-0.39, 0.29) is 6.04 Å². The highest BCUT2D eigenvalue weighted by atomic mass is 32.2. The van der Waals surface area contributed by atoms with Crippen LogP contribution in [0.5, 0.6) is 0 Å². The molecule has 2 N–H and O–H groups in total. The molecule has 0 amide bonds. The zero-order valence-electron chi connectivity index (χ0n) is 11.4. The Labute approximate surface area is 119 Å². The monoisotopic (exact) mass is 272 g/mol. The average molecular weight is 272 g/mol. The van der Waals surface area contributed by atoms with Crippen molar-refractivity contribution in [3.05, 3.63) is 65.5 Å². The highest BCUT2D eigenvalue weighted by Crippen LogP contribution is 2.33. The third-order valence-electron chi connectivity index (χ3n) is 3.02. The molecule has 2 unspecified atom stereocenters. The van der Waals surface area contributed by atoms with Crippen LogP contribution in [-0.2, 0) is 5.75 Å². The number of benzene rings is 1. The van der Waals surface area contributed by atoms with Gasteiger partial charge >= 0.3 is 0 Å². The molecule has 0 saturated heterocycles. The average Bonchev–Trinajstić information content (AvgIpc) is 2.40. The normalized spacial score (nSPS) is 14.1. The van der Waals surface area contributed by atoms with Crippen molar-refractivity contribution in [1.82, 2.24) is 4.98 Å². The van der Waals surface area contributed by atoms with E-state index in [9.17, 15) is 0 Å². The standard InChI is InChI=1S/C16H20N2S/c1-12-4-3-5-14(10-12)11-19-16(13(2)17)15-6-8-18-9-7-15/h3-10,13,16H,11,17H2,1-2H3. The molecule has 0 aliphatic heterocycles. The number of nitrogens with two attached hydrogens (primary N) is 1. The van der Waals surface area contributed by atoms with Crippen LogP contribution in [0.4, 0.5) is 0 Å². The number of hydrogen-bond donors (Lipinski definition) is 1. The smallest absolute Gasteiger partial charge is 0.0450 e. The molecule has 0 radical (unpaired) electrons. The van der Waals surface area contributed by atoms with Crippen LogP contribution in [-0.4, -0.2) is 11.0 Å². The quantitative estimate of drug-likeness (QED) is 0.901. The zero-order chi connectivity index (χ0) is 13.7. The number of thioether (sulfide) groups is 1. The van der Waals surface area contributed by atoms with Crippen molar-refractivity contribution in [2.45, 2.75) is 30.9 Å². The van der Waals surface area contributed by atoms with Gasteiger partial charge in [0.25, 0.3) is 0 Å². The van der Waals surface area contributed by atoms with E-state index in [0.29, 0.717) is 5.25 Å². The summed E-state index contributed by atoms with van der Waals surface area (Å²) in [5.74, 6) is 0.982. The van der Waals surface area contributed by atoms with Gasteiger partial charge in [0.2, 0.25) is 0 Å². The first-order chi connectivity index (χ1) is 9.16. The van der Waals surface area contributed by atoms with Gasteiger partial charge in [0.1, 0.15) is 0 Å². The minimum absolute atomic E-state index is 0.122. The van der Waals surface area contributed by atoms with Gasteiger partial charge in [-0.3, -0.25) is 4.98 Å². The number of aromatic nitrogens is 1. The first-order valence-corrected chi connectivity index (χ1v) is 7.54. The van der Waals surface area contributed by atoms with E-state index in [1.165, 1.54) is 16.7 Å². The molecule has 1 aromatic heterocycles. The summed E-state index contributed by atoms with van der Waals surface area (Å²) in [5, 5.41) is 0.309. The summed E-state index contributed by atoms with van der Waals surface area (Å²) in [4.78, 5) is 4.07. The number of nitrogens with zero attached hydrogens (tertiary/aromatic N) is 1. The van der Waals surface area contributed by atoms with Crippen LogP contribution in [0, 0.1) is 6.92 Å². The number of rotatable bonds is 5. The van der Waals surface area contributed by atoms with E-state index in [1.54, 1.807) is 0 Å². The van der Waals surface area contributed by atoms with Crippen molar-refractivity contribution in [2.75, 3.05) is 0 Å². The first-order valence-electron chi connectivity index (χ1n) is 6.49. The second kappa shape index (κ2) is 6.73. The van der Waals surface area contributed by atoms with E-state index < -0.39 is 0 Å². The zero-order valence-corrected chi connectivity index (χ0v) is 12.2. The summed E-state index contributed by atoms with van der Waals surface area (Å²) < 4.78 is 0. The van der Waals surface area contributed by atoms with Crippen LogP contribution in [0.15, 0.2) is 48.8 Å². The highest BCUT2D eigenvalue weighted by Gasteiger charge is 2.16. The molecule has 3 heteroatoms. The lowest BCUT2D eigenvalue weighted by Gasteiger charge is -2.20. The lowest BCUT2D eigenvalue weighted by molar-refractivity contribution is 0.720. The Kier molecular flexibility index (Phi) is 5.00. The van der Waals surface area contributed by atoms with Gasteiger partial charge in [0.05, 0.1) is 0 Å². The number of hydrogen-bond acceptors (Lipinski definition) is 3. The summed E-state index contributed by atoms with van der Waals surface area (Å²) in [6.45, 7) is 4.19. The molecule has 2 nitrogen and oxygen atoms in total. The van der Waals surface area contributed by atoms with Crippen LogP contribution in [0.3, 0.4) is 0 Å².